The number of alkyl halides is 1. The van der Waals surface area contributed by atoms with E-state index in [-0.39, 0.29) is 0 Å². The van der Waals surface area contributed by atoms with Gasteiger partial charge in [-0.2, -0.15) is 0 Å². The number of benzene rings is 2. The minimum absolute atomic E-state index is 0.410. The zero-order valence-electron chi connectivity index (χ0n) is 9.58. The highest BCUT2D eigenvalue weighted by atomic mass is 35.5. The first-order chi connectivity index (χ1) is 8.15. The van der Waals surface area contributed by atoms with E-state index in [1.54, 1.807) is 6.92 Å². The topological polar surface area (TPSA) is 17.1 Å². The molecule has 88 valence electrons. The Morgan fingerprint density at radius 2 is 1.24 bits per heavy atom. The van der Waals surface area contributed by atoms with Gasteiger partial charge < -0.3 is 4.57 Å². The first kappa shape index (κ1) is 12.4. The van der Waals surface area contributed by atoms with Gasteiger partial charge in [0, 0.05) is 10.6 Å². The lowest BCUT2D eigenvalue weighted by molar-refractivity contribution is 0.586. The number of hydrogen-bond donors (Lipinski definition) is 0. The molecule has 0 heterocycles. The highest BCUT2D eigenvalue weighted by Gasteiger charge is 2.32. The lowest BCUT2D eigenvalue weighted by Gasteiger charge is -2.21. The predicted molar refractivity (Wildman–Crippen MR) is 75.1 cm³/mol. The van der Waals surface area contributed by atoms with E-state index in [0.29, 0.717) is 0 Å². The molecule has 1 nitrogen and oxygen atoms in total. The van der Waals surface area contributed by atoms with Crippen molar-refractivity contribution in [2.75, 3.05) is 0 Å². The third kappa shape index (κ3) is 2.31. The van der Waals surface area contributed by atoms with Crippen LogP contribution < -0.4 is 10.6 Å². The Kier molecular flexibility index (Phi) is 3.71. The van der Waals surface area contributed by atoms with Crippen molar-refractivity contribution in [3.63, 3.8) is 0 Å². The summed E-state index contributed by atoms with van der Waals surface area (Å²) in [7, 11) is -2.73. The van der Waals surface area contributed by atoms with Crippen molar-refractivity contribution in [2.24, 2.45) is 0 Å². The molecule has 0 amide bonds. The van der Waals surface area contributed by atoms with Crippen molar-refractivity contribution in [3.8, 4) is 0 Å². The van der Waals surface area contributed by atoms with Crippen LogP contribution in [0.2, 0.25) is 0 Å². The molecular formula is C14H14ClOP. The van der Waals surface area contributed by atoms with Gasteiger partial charge in [0.2, 0.25) is 0 Å². The molecule has 1 atom stereocenters. The maximum Gasteiger partial charge on any atom is 0.159 e. The van der Waals surface area contributed by atoms with Gasteiger partial charge in [0.1, 0.15) is 0 Å². The zero-order chi connectivity index (χ0) is 12.3. The summed E-state index contributed by atoms with van der Waals surface area (Å²) in [4.78, 5) is 0. The lowest BCUT2D eigenvalue weighted by Crippen LogP contribution is -2.20. The van der Waals surface area contributed by atoms with Crippen molar-refractivity contribution in [3.05, 3.63) is 60.7 Å². The Bertz CT molecular complexity index is 479. The van der Waals surface area contributed by atoms with Crippen LogP contribution in [0.4, 0.5) is 0 Å². The molecule has 0 spiro atoms. The summed E-state index contributed by atoms with van der Waals surface area (Å²) in [5.41, 5.74) is 0. The average molecular weight is 265 g/mol. The normalized spacial score (nSPS) is 13.3. The molecule has 2 aromatic carbocycles. The first-order valence-corrected chi connectivity index (χ1v) is 7.72. The van der Waals surface area contributed by atoms with Crippen LogP contribution in [-0.2, 0) is 4.57 Å². The van der Waals surface area contributed by atoms with Crippen LogP contribution in [0, 0.1) is 0 Å². The molecule has 17 heavy (non-hydrogen) atoms. The largest absolute Gasteiger partial charge is 0.312 e. The van der Waals surface area contributed by atoms with Gasteiger partial charge in [-0.05, 0) is 6.92 Å². The predicted octanol–water partition coefficient (Wildman–Crippen LogP) is 3.59. The third-order valence-corrected chi connectivity index (χ3v) is 6.74. The molecule has 0 saturated heterocycles. The monoisotopic (exact) mass is 264 g/mol. The van der Waals surface area contributed by atoms with E-state index in [1.807, 2.05) is 60.7 Å². The maximum atomic E-state index is 13.2. The Labute approximate surface area is 107 Å². The minimum Gasteiger partial charge on any atom is -0.312 e. The van der Waals surface area contributed by atoms with Gasteiger partial charge in [-0.3, -0.25) is 0 Å². The Hall–Kier alpha value is -1.04. The highest BCUT2D eigenvalue weighted by Crippen LogP contribution is 2.49. The van der Waals surface area contributed by atoms with E-state index in [0.717, 1.165) is 10.6 Å². The average Bonchev–Trinajstić information content (AvgIpc) is 2.39. The number of rotatable bonds is 3. The fraction of sp³-hybridized carbons (Fsp3) is 0.143. The molecule has 1 unspecified atom stereocenters. The molecule has 0 bridgehead atoms. The quantitative estimate of drug-likeness (QED) is 0.612. The second kappa shape index (κ2) is 5.08. The molecule has 0 aromatic heterocycles. The molecule has 3 heteroatoms. The van der Waals surface area contributed by atoms with E-state index in [9.17, 15) is 4.57 Å². The Morgan fingerprint density at radius 1 is 0.882 bits per heavy atom. The summed E-state index contributed by atoms with van der Waals surface area (Å²) in [5, 5.41) is 1.22. The van der Waals surface area contributed by atoms with Crippen LogP contribution in [0.15, 0.2) is 60.7 Å². The Morgan fingerprint density at radius 3 is 1.53 bits per heavy atom. The summed E-state index contributed by atoms with van der Waals surface area (Å²) in [6.45, 7) is 1.79. The second-order valence-electron chi connectivity index (χ2n) is 3.90. The van der Waals surface area contributed by atoms with Crippen LogP contribution >= 0.6 is 18.7 Å². The fourth-order valence-electron chi connectivity index (χ4n) is 1.86. The van der Waals surface area contributed by atoms with Crippen molar-refractivity contribution in [1.82, 2.24) is 0 Å². The smallest absolute Gasteiger partial charge is 0.159 e. The maximum absolute atomic E-state index is 13.2. The van der Waals surface area contributed by atoms with E-state index >= 15 is 0 Å². The molecule has 0 aliphatic heterocycles. The summed E-state index contributed by atoms with van der Waals surface area (Å²) >= 11 is 6.19. The van der Waals surface area contributed by atoms with E-state index in [2.05, 4.69) is 0 Å². The molecule has 2 rings (SSSR count). The van der Waals surface area contributed by atoms with Gasteiger partial charge in [-0.1, -0.05) is 60.7 Å². The zero-order valence-corrected chi connectivity index (χ0v) is 11.2. The molecule has 2 aromatic rings. The number of hydrogen-bond acceptors (Lipinski definition) is 1. The van der Waals surface area contributed by atoms with Crippen LogP contribution in [0.5, 0.6) is 0 Å². The minimum atomic E-state index is -2.73. The highest BCUT2D eigenvalue weighted by molar-refractivity contribution is 7.80. The van der Waals surface area contributed by atoms with Crippen molar-refractivity contribution >= 4 is 29.4 Å². The van der Waals surface area contributed by atoms with Crippen LogP contribution in [0.25, 0.3) is 0 Å². The van der Waals surface area contributed by atoms with Gasteiger partial charge in [-0.15, -0.1) is 11.6 Å². The van der Waals surface area contributed by atoms with Crippen LogP contribution in [0.1, 0.15) is 6.92 Å². The van der Waals surface area contributed by atoms with Crippen LogP contribution in [-0.4, -0.2) is 5.12 Å². The molecule has 0 fully saturated rings. The fourth-order valence-corrected chi connectivity index (χ4v) is 4.88. The van der Waals surface area contributed by atoms with E-state index in [1.165, 1.54) is 0 Å². The van der Waals surface area contributed by atoms with Gasteiger partial charge in [0.05, 0.1) is 5.12 Å². The molecule has 0 aliphatic carbocycles. The van der Waals surface area contributed by atoms with E-state index < -0.39 is 12.3 Å². The van der Waals surface area contributed by atoms with E-state index in [4.69, 9.17) is 11.6 Å². The molecule has 0 saturated carbocycles. The Balaban J connectivity index is 2.60. The van der Waals surface area contributed by atoms with Crippen LogP contribution in [0.3, 0.4) is 0 Å². The molecular weight excluding hydrogens is 251 g/mol. The van der Waals surface area contributed by atoms with Gasteiger partial charge in [0.15, 0.2) is 7.14 Å². The summed E-state index contributed by atoms with van der Waals surface area (Å²) in [6, 6.07) is 18.9. The lowest BCUT2D eigenvalue weighted by atomic mass is 10.4. The molecule has 0 aliphatic rings. The second-order valence-corrected chi connectivity index (χ2v) is 7.99. The van der Waals surface area contributed by atoms with Crippen molar-refractivity contribution < 1.29 is 4.57 Å². The van der Waals surface area contributed by atoms with Gasteiger partial charge in [-0.25, -0.2) is 0 Å². The SMILES string of the molecule is CC(Cl)P(=O)(c1ccccc1)c1ccccc1. The standard InChI is InChI=1S/C14H14ClOP/c1-12(15)17(16,13-8-4-2-5-9-13)14-10-6-3-7-11-14/h2-12H,1H3. The van der Waals surface area contributed by atoms with Gasteiger partial charge >= 0.3 is 0 Å². The third-order valence-electron chi connectivity index (χ3n) is 2.78. The first-order valence-electron chi connectivity index (χ1n) is 5.50. The van der Waals surface area contributed by atoms with Crippen molar-refractivity contribution in [2.45, 2.75) is 12.0 Å². The molecule has 0 N–H and O–H groups in total. The van der Waals surface area contributed by atoms with Gasteiger partial charge in [0.25, 0.3) is 0 Å². The summed E-state index contributed by atoms with van der Waals surface area (Å²) in [5.74, 6) is 0. The number of halogens is 1. The molecule has 0 radical (unpaired) electrons. The summed E-state index contributed by atoms with van der Waals surface area (Å²) in [6.07, 6.45) is 0. The van der Waals surface area contributed by atoms with Crippen molar-refractivity contribution in [1.29, 1.82) is 0 Å². The summed E-state index contributed by atoms with van der Waals surface area (Å²) < 4.78 is 13.2.